The fourth-order valence-corrected chi connectivity index (χ4v) is 6.37. The van der Waals surface area contributed by atoms with Crippen molar-refractivity contribution in [3.05, 3.63) is 24.4 Å². The number of pyridine rings is 2. The van der Waals surface area contributed by atoms with Crippen LogP contribution in [0.3, 0.4) is 0 Å². The van der Waals surface area contributed by atoms with Gasteiger partial charge in [0.25, 0.3) is 0 Å². The number of aliphatic hydroxyl groups is 2. The summed E-state index contributed by atoms with van der Waals surface area (Å²) in [7, 11) is 0. The number of rotatable bonds is 4. The first kappa shape index (κ1) is 17.0. The van der Waals surface area contributed by atoms with Crippen LogP contribution >= 0.6 is 0 Å². The van der Waals surface area contributed by atoms with Gasteiger partial charge in [-0.2, -0.15) is 0 Å². The molecule has 2 heterocycles. The third kappa shape index (κ3) is 2.69. The minimum atomic E-state index is -0.0770. The summed E-state index contributed by atoms with van der Waals surface area (Å²) in [6.45, 7) is 0. The molecule has 0 saturated heterocycles. The van der Waals surface area contributed by atoms with Gasteiger partial charge in [0.15, 0.2) is 0 Å². The van der Waals surface area contributed by atoms with Gasteiger partial charge in [0.05, 0.1) is 23.4 Å². The normalized spacial score (nSPS) is 41.1. The predicted molar refractivity (Wildman–Crippen MR) is 108 cm³/mol. The van der Waals surface area contributed by atoms with E-state index in [0.717, 1.165) is 73.9 Å². The Morgan fingerprint density at radius 3 is 2.00 bits per heavy atom. The molecule has 148 valence electrons. The zero-order valence-corrected chi connectivity index (χ0v) is 16.1. The summed E-state index contributed by atoms with van der Waals surface area (Å²) >= 11 is 0. The van der Waals surface area contributed by atoms with Crippen molar-refractivity contribution in [2.24, 2.45) is 10.8 Å². The van der Waals surface area contributed by atoms with Gasteiger partial charge in [-0.3, -0.25) is 4.98 Å². The second kappa shape index (κ2) is 5.80. The van der Waals surface area contributed by atoms with Crippen molar-refractivity contribution in [3.63, 3.8) is 0 Å². The summed E-state index contributed by atoms with van der Waals surface area (Å²) in [5.74, 6) is 0.912. The third-order valence-electron chi connectivity index (χ3n) is 7.69. The summed E-state index contributed by atoms with van der Waals surface area (Å²) < 4.78 is 0. The second-order valence-corrected chi connectivity index (χ2v) is 10.0. The monoisotopic (exact) mass is 380 g/mol. The molecule has 0 bridgehead atoms. The predicted octanol–water partition coefficient (Wildman–Crippen LogP) is 3.06. The molecule has 4 saturated carbocycles. The van der Waals surface area contributed by atoms with Gasteiger partial charge in [-0.25, -0.2) is 4.98 Å². The SMILES string of the molecule is OC1CC2(C1)CC(Nc1ccc3nccc(NC4CC5(CC(O)C5)C4)c3n1)C2. The van der Waals surface area contributed by atoms with Crippen molar-refractivity contribution in [1.29, 1.82) is 0 Å². The fourth-order valence-electron chi connectivity index (χ4n) is 6.37. The Bertz CT molecular complexity index is 904. The van der Waals surface area contributed by atoms with E-state index in [1.54, 1.807) is 0 Å². The van der Waals surface area contributed by atoms with Gasteiger partial charge in [-0.1, -0.05) is 0 Å². The average Bonchev–Trinajstić information content (AvgIpc) is 2.56. The first-order valence-electron chi connectivity index (χ1n) is 10.6. The zero-order valence-electron chi connectivity index (χ0n) is 16.1. The number of nitrogens with zero attached hydrogens (tertiary/aromatic N) is 2. The van der Waals surface area contributed by atoms with E-state index < -0.39 is 0 Å². The van der Waals surface area contributed by atoms with Gasteiger partial charge in [0.2, 0.25) is 0 Å². The Labute approximate surface area is 164 Å². The molecule has 6 rings (SSSR count). The number of aromatic nitrogens is 2. The Balaban J connectivity index is 1.14. The van der Waals surface area contributed by atoms with Gasteiger partial charge in [-0.15, -0.1) is 0 Å². The van der Waals surface area contributed by atoms with E-state index in [4.69, 9.17) is 4.98 Å². The molecule has 4 aliphatic rings. The Morgan fingerprint density at radius 2 is 1.39 bits per heavy atom. The summed E-state index contributed by atoms with van der Waals surface area (Å²) in [4.78, 5) is 9.35. The van der Waals surface area contributed by atoms with E-state index in [9.17, 15) is 10.2 Å². The number of hydrogen-bond acceptors (Lipinski definition) is 6. The highest BCUT2D eigenvalue weighted by atomic mass is 16.3. The molecule has 2 spiro atoms. The molecule has 6 nitrogen and oxygen atoms in total. The number of anilines is 2. The zero-order chi connectivity index (χ0) is 18.9. The molecule has 28 heavy (non-hydrogen) atoms. The largest absolute Gasteiger partial charge is 0.393 e. The molecule has 0 amide bonds. The van der Waals surface area contributed by atoms with Crippen LogP contribution in [-0.2, 0) is 0 Å². The third-order valence-corrected chi connectivity index (χ3v) is 7.69. The molecule has 2 aromatic rings. The molecule has 0 aromatic carbocycles. The van der Waals surface area contributed by atoms with Gasteiger partial charge in [0, 0.05) is 18.3 Å². The van der Waals surface area contributed by atoms with Crippen molar-refractivity contribution < 1.29 is 10.2 Å². The molecular formula is C22H28N4O2. The van der Waals surface area contributed by atoms with Crippen LogP contribution in [-0.4, -0.2) is 44.5 Å². The van der Waals surface area contributed by atoms with E-state index in [1.165, 1.54) is 0 Å². The van der Waals surface area contributed by atoms with Crippen LogP contribution in [0, 0.1) is 10.8 Å². The molecule has 2 aromatic heterocycles. The fraction of sp³-hybridized carbons (Fsp3) is 0.636. The molecule has 4 N–H and O–H groups in total. The van der Waals surface area contributed by atoms with Crippen LogP contribution in [0.5, 0.6) is 0 Å². The van der Waals surface area contributed by atoms with E-state index in [2.05, 4.69) is 15.6 Å². The summed E-state index contributed by atoms with van der Waals surface area (Å²) in [5, 5.41) is 26.4. The highest BCUT2D eigenvalue weighted by Gasteiger charge is 2.53. The van der Waals surface area contributed by atoms with Crippen LogP contribution in [0.15, 0.2) is 24.4 Å². The Morgan fingerprint density at radius 1 is 0.786 bits per heavy atom. The Kier molecular flexibility index (Phi) is 3.52. The van der Waals surface area contributed by atoms with Crippen molar-refractivity contribution >= 4 is 22.5 Å². The molecule has 0 atom stereocenters. The molecule has 6 heteroatoms. The lowest BCUT2D eigenvalue weighted by Gasteiger charge is -2.56. The Hall–Kier alpha value is -1.92. The van der Waals surface area contributed by atoms with Crippen molar-refractivity contribution in [2.75, 3.05) is 10.6 Å². The number of aliphatic hydroxyl groups excluding tert-OH is 2. The van der Waals surface area contributed by atoms with Gasteiger partial charge in [-0.05, 0) is 80.4 Å². The van der Waals surface area contributed by atoms with Crippen LogP contribution in [0.4, 0.5) is 11.5 Å². The van der Waals surface area contributed by atoms with E-state index in [1.807, 2.05) is 24.4 Å². The van der Waals surface area contributed by atoms with Gasteiger partial charge in [0.1, 0.15) is 11.3 Å². The molecule has 0 unspecified atom stereocenters. The standard InChI is InChI=1S/C22H28N4O2/c27-15-9-21(10-15)5-13(6-21)24-18-3-4-23-17-1-2-19(26-20(17)18)25-14-7-22(8-14)11-16(28)12-22/h1-4,13-16,27-28H,5-12H2,(H,23,24)(H,25,26). The van der Waals surface area contributed by atoms with Crippen LogP contribution < -0.4 is 10.6 Å². The van der Waals surface area contributed by atoms with E-state index in [0.29, 0.717) is 22.9 Å². The quantitative estimate of drug-likeness (QED) is 0.652. The van der Waals surface area contributed by atoms with Crippen molar-refractivity contribution in [3.8, 4) is 0 Å². The first-order valence-corrected chi connectivity index (χ1v) is 10.6. The molecule has 0 aliphatic heterocycles. The maximum Gasteiger partial charge on any atom is 0.127 e. The molecule has 0 radical (unpaired) electrons. The molecule has 4 aliphatic carbocycles. The minimum absolute atomic E-state index is 0.0757. The van der Waals surface area contributed by atoms with Gasteiger partial charge >= 0.3 is 0 Å². The molecule has 4 fully saturated rings. The highest BCUT2D eigenvalue weighted by Crippen LogP contribution is 2.57. The second-order valence-electron chi connectivity index (χ2n) is 10.0. The summed E-state index contributed by atoms with van der Waals surface area (Å²) in [6.07, 6.45) is 10.1. The summed E-state index contributed by atoms with van der Waals surface area (Å²) in [5.41, 5.74) is 3.69. The topological polar surface area (TPSA) is 90.3 Å². The highest BCUT2D eigenvalue weighted by molar-refractivity contribution is 5.88. The van der Waals surface area contributed by atoms with Crippen molar-refractivity contribution in [2.45, 2.75) is 75.7 Å². The first-order chi connectivity index (χ1) is 13.5. The maximum atomic E-state index is 9.60. The minimum Gasteiger partial charge on any atom is -0.393 e. The number of hydrogen-bond donors (Lipinski definition) is 4. The van der Waals surface area contributed by atoms with Crippen LogP contribution in [0.25, 0.3) is 11.0 Å². The van der Waals surface area contributed by atoms with E-state index >= 15 is 0 Å². The van der Waals surface area contributed by atoms with Crippen LogP contribution in [0.1, 0.15) is 51.4 Å². The lowest BCUT2D eigenvalue weighted by molar-refractivity contribution is -0.0871. The van der Waals surface area contributed by atoms with E-state index in [-0.39, 0.29) is 12.2 Å². The maximum absolute atomic E-state index is 9.60. The number of fused-ring (bicyclic) bond motifs is 1. The summed E-state index contributed by atoms with van der Waals surface area (Å²) in [6, 6.07) is 7.01. The number of nitrogens with one attached hydrogen (secondary N) is 2. The average molecular weight is 380 g/mol. The lowest BCUT2D eigenvalue weighted by Crippen LogP contribution is -2.54. The van der Waals surface area contributed by atoms with Crippen LogP contribution in [0.2, 0.25) is 0 Å². The lowest BCUT2D eigenvalue weighted by atomic mass is 9.53. The molecular weight excluding hydrogens is 352 g/mol. The van der Waals surface area contributed by atoms with Gasteiger partial charge < -0.3 is 20.8 Å². The van der Waals surface area contributed by atoms with Crippen molar-refractivity contribution in [1.82, 2.24) is 9.97 Å². The smallest absolute Gasteiger partial charge is 0.127 e.